The smallest absolute Gasteiger partial charge is 0.129 e. The Balaban J connectivity index is 2.21. The second-order valence-electron chi connectivity index (χ2n) is 4.13. The third-order valence-electron chi connectivity index (χ3n) is 2.84. The van der Waals surface area contributed by atoms with E-state index in [1.54, 1.807) is 19.4 Å². The molecule has 1 aromatic carbocycles. The van der Waals surface area contributed by atoms with Gasteiger partial charge in [0.05, 0.1) is 18.8 Å². The third kappa shape index (κ3) is 3.17. The highest BCUT2D eigenvalue weighted by molar-refractivity contribution is 9.10. The summed E-state index contributed by atoms with van der Waals surface area (Å²) in [7, 11) is 1.57. The normalized spacial score (nSPS) is 11.9. The highest BCUT2D eigenvalue weighted by Gasteiger charge is 2.12. The van der Waals surface area contributed by atoms with Gasteiger partial charge in [-0.2, -0.15) is 0 Å². The van der Waals surface area contributed by atoms with E-state index >= 15 is 0 Å². The van der Waals surface area contributed by atoms with Crippen molar-refractivity contribution in [2.75, 3.05) is 12.4 Å². The predicted molar refractivity (Wildman–Crippen MR) is 78.6 cm³/mol. The summed E-state index contributed by atoms with van der Waals surface area (Å²) in [5, 5.41) is 13.3. The molecule has 0 radical (unpaired) electrons. The van der Waals surface area contributed by atoms with E-state index in [-0.39, 0.29) is 11.8 Å². The molecule has 0 fully saturated rings. The van der Waals surface area contributed by atoms with Crippen molar-refractivity contribution in [3.05, 3.63) is 46.7 Å². The van der Waals surface area contributed by atoms with Crippen LogP contribution in [0.3, 0.4) is 0 Å². The van der Waals surface area contributed by atoms with E-state index in [0.717, 1.165) is 15.9 Å². The fourth-order valence-corrected chi connectivity index (χ4v) is 2.19. The van der Waals surface area contributed by atoms with Crippen LogP contribution in [0.2, 0.25) is 0 Å². The van der Waals surface area contributed by atoms with Crippen LogP contribution in [-0.2, 0) is 0 Å². The second-order valence-corrected chi connectivity index (χ2v) is 4.88. The van der Waals surface area contributed by atoms with Crippen molar-refractivity contribution in [2.45, 2.75) is 13.0 Å². The third-order valence-corrected chi connectivity index (χ3v) is 3.47. The molecule has 1 unspecified atom stereocenters. The number of aromatic hydroxyl groups is 1. The highest BCUT2D eigenvalue weighted by atomic mass is 79.9. The van der Waals surface area contributed by atoms with Gasteiger partial charge in [0.1, 0.15) is 16.1 Å². The minimum atomic E-state index is -0.0496. The Morgan fingerprint density at radius 2 is 2.16 bits per heavy atom. The van der Waals surface area contributed by atoms with Gasteiger partial charge in [0.15, 0.2) is 0 Å². The Labute approximate surface area is 120 Å². The van der Waals surface area contributed by atoms with Crippen molar-refractivity contribution in [1.29, 1.82) is 0 Å². The summed E-state index contributed by atoms with van der Waals surface area (Å²) in [6, 6.07) is 9.00. The summed E-state index contributed by atoms with van der Waals surface area (Å²) in [6.07, 6.45) is 1.71. The van der Waals surface area contributed by atoms with Crippen LogP contribution in [0.4, 0.5) is 5.69 Å². The molecule has 4 nitrogen and oxygen atoms in total. The van der Waals surface area contributed by atoms with Gasteiger partial charge in [-0.3, -0.25) is 0 Å². The Morgan fingerprint density at radius 3 is 2.79 bits per heavy atom. The van der Waals surface area contributed by atoms with Gasteiger partial charge in [0, 0.05) is 17.8 Å². The molecule has 0 saturated heterocycles. The lowest BCUT2D eigenvalue weighted by Gasteiger charge is -2.18. The lowest BCUT2D eigenvalue weighted by Crippen LogP contribution is -2.07. The first-order valence-electron chi connectivity index (χ1n) is 5.85. The molecule has 0 aliphatic carbocycles. The van der Waals surface area contributed by atoms with Crippen LogP contribution in [0.5, 0.6) is 11.5 Å². The van der Waals surface area contributed by atoms with Gasteiger partial charge >= 0.3 is 0 Å². The van der Waals surface area contributed by atoms with Gasteiger partial charge in [-0.05, 0) is 47.1 Å². The van der Waals surface area contributed by atoms with E-state index in [4.69, 9.17) is 4.74 Å². The van der Waals surface area contributed by atoms with Gasteiger partial charge in [-0.15, -0.1) is 0 Å². The molecule has 1 atom stereocenters. The van der Waals surface area contributed by atoms with Crippen LogP contribution in [-0.4, -0.2) is 17.2 Å². The Hall–Kier alpha value is -1.75. The van der Waals surface area contributed by atoms with Crippen molar-refractivity contribution < 1.29 is 9.84 Å². The number of nitrogens with one attached hydrogen (secondary N) is 1. The molecule has 19 heavy (non-hydrogen) atoms. The van der Waals surface area contributed by atoms with E-state index in [0.29, 0.717) is 5.75 Å². The first-order chi connectivity index (χ1) is 9.11. The number of benzene rings is 1. The zero-order valence-electron chi connectivity index (χ0n) is 10.7. The fourth-order valence-electron chi connectivity index (χ4n) is 1.82. The molecule has 0 saturated carbocycles. The quantitative estimate of drug-likeness (QED) is 0.842. The maximum absolute atomic E-state index is 9.99. The number of rotatable bonds is 4. The second kappa shape index (κ2) is 5.93. The lowest BCUT2D eigenvalue weighted by atomic mass is 10.1. The number of anilines is 1. The summed E-state index contributed by atoms with van der Waals surface area (Å²) in [5.41, 5.74) is 1.68. The van der Waals surface area contributed by atoms with E-state index in [1.165, 1.54) is 0 Å². The number of pyridine rings is 1. The number of nitrogens with zero attached hydrogens (tertiary/aromatic N) is 1. The van der Waals surface area contributed by atoms with Gasteiger partial charge in [-0.1, -0.05) is 0 Å². The van der Waals surface area contributed by atoms with Crippen LogP contribution < -0.4 is 10.1 Å². The minimum absolute atomic E-state index is 0.0496. The average molecular weight is 323 g/mol. The fraction of sp³-hybridized carbons (Fsp3) is 0.214. The molecule has 2 rings (SSSR count). The van der Waals surface area contributed by atoms with Crippen LogP contribution in [0.25, 0.3) is 0 Å². The Bertz CT molecular complexity index is 575. The summed E-state index contributed by atoms with van der Waals surface area (Å²) in [4.78, 5) is 4.15. The summed E-state index contributed by atoms with van der Waals surface area (Å²) < 4.78 is 5.81. The first kappa shape index (κ1) is 13.7. The van der Waals surface area contributed by atoms with E-state index in [2.05, 4.69) is 26.2 Å². The molecular weight excluding hydrogens is 308 g/mol. The number of phenols is 1. The number of hydrogen-bond donors (Lipinski definition) is 2. The summed E-state index contributed by atoms with van der Waals surface area (Å²) in [6.45, 7) is 1.97. The van der Waals surface area contributed by atoms with E-state index in [9.17, 15) is 5.11 Å². The number of phenolic OH excluding ortho intramolecular Hbond substituents is 1. The van der Waals surface area contributed by atoms with Crippen LogP contribution >= 0.6 is 15.9 Å². The van der Waals surface area contributed by atoms with Gasteiger partial charge in [-0.25, -0.2) is 4.98 Å². The summed E-state index contributed by atoms with van der Waals surface area (Å²) in [5.74, 6) is 0.843. The number of halogens is 1. The zero-order valence-corrected chi connectivity index (χ0v) is 12.3. The topological polar surface area (TPSA) is 54.4 Å². The van der Waals surface area contributed by atoms with Crippen molar-refractivity contribution in [3.8, 4) is 11.5 Å². The molecule has 2 N–H and O–H groups in total. The SMILES string of the molecule is COc1ccc(C(C)Nc2cccnc2Br)c(O)c1. The highest BCUT2D eigenvalue weighted by Crippen LogP contribution is 2.31. The first-order valence-corrected chi connectivity index (χ1v) is 6.65. The van der Waals surface area contributed by atoms with E-state index < -0.39 is 0 Å². The largest absolute Gasteiger partial charge is 0.507 e. The number of hydrogen-bond acceptors (Lipinski definition) is 4. The lowest BCUT2D eigenvalue weighted by molar-refractivity contribution is 0.406. The van der Waals surface area contributed by atoms with E-state index in [1.807, 2.05) is 31.2 Å². The van der Waals surface area contributed by atoms with Crippen molar-refractivity contribution in [3.63, 3.8) is 0 Å². The molecule has 1 heterocycles. The Kier molecular flexibility index (Phi) is 4.27. The van der Waals surface area contributed by atoms with Crippen LogP contribution in [0, 0.1) is 0 Å². The Morgan fingerprint density at radius 1 is 1.37 bits per heavy atom. The molecule has 0 aliphatic heterocycles. The maximum atomic E-state index is 9.99. The zero-order chi connectivity index (χ0) is 13.8. The molecule has 100 valence electrons. The van der Waals surface area contributed by atoms with Gasteiger partial charge in [0.25, 0.3) is 0 Å². The molecule has 5 heteroatoms. The maximum Gasteiger partial charge on any atom is 0.129 e. The van der Waals surface area contributed by atoms with Crippen molar-refractivity contribution in [1.82, 2.24) is 4.98 Å². The molecule has 0 amide bonds. The molecule has 0 aliphatic rings. The minimum Gasteiger partial charge on any atom is -0.507 e. The van der Waals surface area contributed by atoms with Crippen LogP contribution in [0.15, 0.2) is 41.1 Å². The van der Waals surface area contributed by atoms with Gasteiger partial charge < -0.3 is 15.2 Å². The van der Waals surface area contributed by atoms with Gasteiger partial charge in [0.2, 0.25) is 0 Å². The molecule has 1 aromatic heterocycles. The standard InChI is InChI=1S/C14H15BrN2O2/c1-9(17-12-4-3-7-16-14(12)15)11-6-5-10(19-2)8-13(11)18/h3-9,17-18H,1-2H3. The number of aromatic nitrogens is 1. The molecule has 0 spiro atoms. The van der Waals surface area contributed by atoms with Crippen molar-refractivity contribution >= 4 is 21.6 Å². The average Bonchev–Trinajstić information content (AvgIpc) is 2.41. The van der Waals surface area contributed by atoms with Crippen LogP contribution in [0.1, 0.15) is 18.5 Å². The van der Waals surface area contributed by atoms with Crippen molar-refractivity contribution in [2.24, 2.45) is 0 Å². The number of methoxy groups -OCH3 is 1. The molecule has 0 bridgehead atoms. The molecule has 2 aromatic rings. The molecular formula is C14H15BrN2O2. The predicted octanol–water partition coefficient (Wildman–Crippen LogP) is 3.73. The number of ether oxygens (including phenoxy) is 1. The monoisotopic (exact) mass is 322 g/mol. The summed E-state index contributed by atoms with van der Waals surface area (Å²) >= 11 is 3.38.